The lowest BCUT2D eigenvalue weighted by molar-refractivity contribution is 0.626. The van der Waals surface area contributed by atoms with Crippen LogP contribution < -0.4 is 4.90 Å². The molecule has 0 aliphatic heterocycles. The van der Waals surface area contributed by atoms with E-state index in [4.69, 9.17) is 16.9 Å². The van der Waals surface area contributed by atoms with Gasteiger partial charge in [0.05, 0.1) is 16.9 Å². The average Bonchev–Trinajstić information content (AvgIpc) is 2.46. The van der Waals surface area contributed by atoms with Crippen molar-refractivity contribution in [1.82, 2.24) is 0 Å². The van der Waals surface area contributed by atoms with Gasteiger partial charge in [-0.25, -0.2) is 4.39 Å². The van der Waals surface area contributed by atoms with Crippen LogP contribution in [0.2, 0.25) is 0 Å². The molecular formula is C15H12ClFN2. The van der Waals surface area contributed by atoms with Gasteiger partial charge in [-0.15, -0.1) is 11.6 Å². The summed E-state index contributed by atoms with van der Waals surface area (Å²) in [6.45, 7) is 0. The summed E-state index contributed by atoms with van der Waals surface area (Å²) in [5, 5.41) is 9.11. The molecule has 0 saturated heterocycles. The zero-order valence-electron chi connectivity index (χ0n) is 10.4. The second-order valence-corrected chi connectivity index (χ2v) is 4.34. The van der Waals surface area contributed by atoms with E-state index >= 15 is 0 Å². The minimum absolute atomic E-state index is 0.214. The molecule has 2 rings (SSSR count). The molecule has 0 aliphatic rings. The molecule has 0 radical (unpaired) electrons. The minimum atomic E-state index is -0.353. The molecule has 0 spiro atoms. The van der Waals surface area contributed by atoms with E-state index in [1.54, 1.807) is 42.3 Å². The van der Waals surface area contributed by atoms with E-state index < -0.39 is 0 Å². The molecule has 4 heteroatoms. The van der Waals surface area contributed by atoms with E-state index in [9.17, 15) is 4.39 Å². The van der Waals surface area contributed by atoms with Gasteiger partial charge in [-0.05, 0) is 23.8 Å². The Bertz CT molecular complexity index is 634. The van der Waals surface area contributed by atoms with Crippen molar-refractivity contribution >= 4 is 23.0 Å². The lowest BCUT2D eigenvalue weighted by atomic mass is 10.1. The number of benzene rings is 2. The number of anilines is 2. The SMILES string of the molecule is CN(c1ccccc1C#N)c1c(F)cccc1CCl. The van der Waals surface area contributed by atoms with Crippen LogP contribution in [0.3, 0.4) is 0 Å². The van der Waals surface area contributed by atoms with Crippen LogP contribution in [0, 0.1) is 17.1 Å². The first kappa shape index (κ1) is 13.4. The van der Waals surface area contributed by atoms with E-state index in [1.807, 2.05) is 6.07 Å². The van der Waals surface area contributed by atoms with Gasteiger partial charge in [-0.1, -0.05) is 24.3 Å². The van der Waals surface area contributed by atoms with Crippen LogP contribution in [0.4, 0.5) is 15.8 Å². The second-order valence-electron chi connectivity index (χ2n) is 4.07. The van der Waals surface area contributed by atoms with Crippen molar-refractivity contribution in [2.75, 3.05) is 11.9 Å². The van der Waals surface area contributed by atoms with E-state index in [2.05, 4.69) is 6.07 Å². The van der Waals surface area contributed by atoms with Crippen LogP contribution in [-0.2, 0) is 5.88 Å². The first-order chi connectivity index (χ1) is 9.19. The molecule has 19 heavy (non-hydrogen) atoms. The summed E-state index contributed by atoms with van der Waals surface area (Å²) >= 11 is 5.85. The largest absolute Gasteiger partial charge is 0.341 e. The number of nitriles is 1. The molecule has 0 amide bonds. The molecule has 2 nitrogen and oxygen atoms in total. The molecule has 0 atom stereocenters. The van der Waals surface area contributed by atoms with E-state index in [0.717, 1.165) is 0 Å². The van der Waals surface area contributed by atoms with Crippen molar-refractivity contribution in [3.05, 3.63) is 59.4 Å². The maximum Gasteiger partial charge on any atom is 0.147 e. The summed E-state index contributed by atoms with van der Waals surface area (Å²) in [5.41, 5.74) is 2.24. The highest BCUT2D eigenvalue weighted by Crippen LogP contribution is 2.32. The summed E-state index contributed by atoms with van der Waals surface area (Å²) < 4.78 is 14.0. The predicted molar refractivity (Wildman–Crippen MR) is 75.2 cm³/mol. The van der Waals surface area contributed by atoms with Gasteiger partial charge < -0.3 is 4.90 Å². The van der Waals surface area contributed by atoms with Crippen LogP contribution in [0.15, 0.2) is 42.5 Å². The number of alkyl halides is 1. The molecular weight excluding hydrogens is 263 g/mol. The summed E-state index contributed by atoms with van der Waals surface area (Å²) in [6, 6.07) is 14.0. The van der Waals surface area contributed by atoms with Crippen LogP contribution in [-0.4, -0.2) is 7.05 Å². The third-order valence-electron chi connectivity index (χ3n) is 2.94. The van der Waals surface area contributed by atoms with Crippen LogP contribution in [0.25, 0.3) is 0 Å². The quantitative estimate of drug-likeness (QED) is 0.784. The first-order valence-electron chi connectivity index (χ1n) is 5.75. The average molecular weight is 275 g/mol. The molecule has 96 valence electrons. The molecule has 0 aliphatic carbocycles. The fourth-order valence-electron chi connectivity index (χ4n) is 2.02. The Morgan fingerprint density at radius 3 is 2.63 bits per heavy atom. The molecule has 0 N–H and O–H groups in total. The maximum atomic E-state index is 14.0. The van der Waals surface area contributed by atoms with E-state index in [1.165, 1.54) is 6.07 Å². The van der Waals surface area contributed by atoms with Crippen LogP contribution in [0.5, 0.6) is 0 Å². The lowest BCUT2D eigenvalue weighted by Crippen LogP contribution is -2.14. The van der Waals surface area contributed by atoms with Gasteiger partial charge in [0.15, 0.2) is 0 Å². The lowest BCUT2D eigenvalue weighted by Gasteiger charge is -2.23. The molecule has 0 aromatic heterocycles. The van der Waals surface area contributed by atoms with Gasteiger partial charge in [0.2, 0.25) is 0 Å². The Labute approximate surface area is 116 Å². The molecule has 0 heterocycles. The standard InChI is InChI=1S/C15H12ClFN2/c1-19(14-8-3-2-5-12(14)10-18)15-11(9-16)6-4-7-13(15)17/h2-8H,9H2,1H3. The van der Waals surface area contributed by atoms with Gasteiger partial charge in [0, 0.05) is 12.9 Å². The van der Waals surface area contributed by atoms with Gasteiger partial charge in [-0.2, -0.15) is 5.26 Å². The number of hydrogen-bond acceptors (Lipinski definition) is 2. The van der Waals surface area contributed by atoms with Crippen LogP contribution in [0.1, 0.15) is 11.1 Å². The topological polar surface area (TPSA) is 27.0 Å². The highest BCUT2D eigenvalue weighted by molar-refractivity contribution is 6.17. The fraction of sp³-hybridized carbons (Fsp3) is 0.133. The summed E-state index contributed by atoms with van der Waals surface area (Å²) in [4.78, 5) is 1.66. The van der Waals surface area contributed by atoms with Crippen molar-refractivity contribution < 1.29 is 4.39 Å². The summed E-state index contributed by atoms with van der Waals surface area (Å²) in [6.07, 6.45) is 0. The van der Waals surface area contributed by atoms with Gasteiger partial charge in [-0.3, -0.25) is 0 Å². The Morgan fingerprint density at radius 1 is 1.21 bits per heavy atom. The number of hydrogen-bond donors (Lipinski definition) is 0. The normalized spacial score (nSPS) is 10.0. The number of halogens is 2. The van der Waals surface area contributed by atoms with E-state index in [-0.39, 0.29) is 11.7 Å². The third kappa shape index (κ3) is 2.54. The summed E-state index contributed by atoms with van der Waals surface area (Å²) in [5.74, 6) is -0.139. The number of rotatable bonds is 3. The van der Waals surface area contributed by atoms with Gasteiger partial charge in [0.25, 0.3) is 0 Å². The summed E-state index contributed by atoms with van der Waals surface area (Å²) in [7, 11) is 1.73. The number of nitrogens with zero attached hydrogens (tertiary/aromatic N) is 2. The third-order valence-corrected chi connectivity index (χ3v) is 3.22. The molecule has 0 unspecified atom stereocenters. The molecule has 0 bridgehead atoms. The highest BCUT2D eigenvalue weighted by atomic mass is 35.5. The van der Waals surface area contributed by atoms with Crippen molar-refractivity contribution in [1.29, 1.82) is 5.26 Å². The molecule has 0 saturated carbocycles. The molecule has 0 fully saturated rings. The predicted octanol–water partition coefficient (Wildman–Crippen LogP) is 4.20. The van der Waals surface area contributed by atoms with Crippen molar-refractivity contribution in [3.63, 3.8) is 0 Å². The zero-order valence-corrected chi connectivity index (χ0v) is 11.2. The molecule has 2 aromatic carbocycles. The fourth-order valence-corrected chi connectivity index (χ4v) is 2.24. The van der Waals surface area contributed by atoms with Crippen LogP contribution >= 0.6 is 11.6 Å². The first-order valence-corrected chi connectivity index (χ1v) is 6.28. The monoisotopic (exact) mass is 274 g/mol. The van der Waals surface area contributed by atoms with Crippen molar-refractivity contribution in [3.8, 4) is 6.07 Å². The Balaban J connectivity index is 2.57. The minimum Gasteiger partial charge on any atom is -0.341 e. The maximum absolute atomic E-state index is 14.0. The second kappa shape index (κ2) is 5.73. The smallest absolute Gasteiger partial charge is 0.147 e. The van der Waals surface area contributed by atoms with E-state index in [0.29, 0.717) is 22.5 Å². The number of para-hydroxylation sites is 2. The Hall–Kier alpha value is -2.05. The zero-order chi connectivity index (χ0) is 13.8. The van der Waals surface area contributed by atoms with Gasteiger partial charge >= 0.3 is 0 Å². The highest BCUT2D eigenvalue weighted by Gasteiger charge is 2.16. The Kier molecular flexibility index (Phi) is 4.03. The van der Waals surface area contributed by atoms with Crippen molar-refractivity contribution in [2.24, 2.45) is 0 Å². The molecule has 2 aromatic rings. The van der Waals surface area contributed by atoms with Crippen molar-refractivity contribution in [2.45, 2.75) is 5.88 Å². The van der Waals surface area contributed by atoms with Gasteiger partial charge in [0.1, 0.15) is 11.9 Å². The Morgan fingerprint density at radius 2 is 1.95 bits per heavy atom.